The standard InChI is InChI=1S/C12H12ClN3S/c13-11-7-17-12(16-11)15-9-3-4-10-8(6-9)2-1-5-14-10/h3-4,6-7,14H,1-2,5H2,(H,15,16). The predicted molar refractivity (Wildman–Crippen MR) is 73.7 cm³/mol. The zero-order valence-electron chi connectivity index (χ0n) is 9.16. The van der Waals surface area contributed by atoms with E-state index in [0.717, 1.165) is 23.8 Å². The molecule has 1 aliphatic heterocycles. The minimum atomic E-state index is 0.539. The van der Waals surface area contributed by atoms with Crippen molar-refractivity contribution in [3.63, 3.8) is 0 Å². The lowest BCUT2D eigenvalue weighted by molar-refractivity contribution is 0.830. The van der Waals surface area contributed by atoms with E-state index in [1.165, 1.54) is 29.0 Å². The Labute approximate surface area is 109 Å². The van der Waals surface area contributed by atoms with E-state index in [0.29, 0.717) is 5.15 Å². The van der Waals surface area contributed by atoms with E-state index in [4.69, 9.17) is 11.6 Å². The number of aryl methyl sites for hydroxylation is 1. The number of hydrogen-bond acceptors (Lipinski definition) is 4. The lowest BCUT2D eigenvalue weighted by Crippen LogP contribution is -2.11. The van der Waals surface area contributed by atoms with Crippen molar-refractivity contribution in [1.82, 2.24) is 4.98 Å². The van der Waals surface area contributed by atoms with Crippen LogP contribution in [0.5, 0.6) is 0 Å². The molecule has 0 saturated heterocycles. The molecule has 0 amide bonds. The van der Waals surface area contributed by atoms with Crippen LogP contribution in [0.15, 0.2) is 23.6 Å². The molecule has 2 aromatic rings. The van der Waals surface area contributed by atoms with Crippen molar-refractivity contribution in [1.29, 1.82) is 0 Å². The highest BCUT2D eigenvalue weighted by Crippen LogP contribution is 2.28. The molecule has 5 heteroatoms. The topological polar surface area (TPSA) is 37.0 Å². The van der Waals surface area contributed by atoms with Crippen LogP contribution in [-0.4, -0.2) is 11.5 Å². The molecule has 1 aromatic carbocycles. The van der Waals surface area contributed by atoms with Crippen LogP contribution in [0.25, 0.3) is 0 Å². The van der Waals surface area contributed by atoms with Gasteiger partial charge >= 0.3 is 0 Å². The van der Waals surface area contributed by atoms with E-state index in [1.54, 1.807) is 0 Å². The van der Waals surface area contributed by atoms with E-state index in [2.05, 4.69) is 33.8 Å². The van der Waals surface area contributed by atoms with Gasteiger partial charge in [0, 0.05) is 23.3 Å². The number of nitrogens with one attached hydrogen (secondary N) is 2. The summed E-state index contributed by atoms with van der Waals surface area (Å²) in [6, 6.07) is 6.36. The van der Waals surface area contributed by atoms with Crippen molar-refractivity contribution in [2.75, 3.05) is 17.2 Å². The lowest BCUT2D eigenvalue weighted by atomic mass is 10.0. The Balaban J connectivity index is 1.84. The molecule has 3 nitrogen and oxygen atoms in total. The van der Waals surface area contributed by atoms with Gasteiger partial charge in [-0.1, -0.05) is 11.6 Å². The number of hydrogen-bond donors (Lipinski definition) is 2. The summed E-state index contributed by atoms with van der Waals surface area (Å²) in [7, 11) is 0. The Morgan fingerprint density at radius 1 is 1.41 bits per heavy atom. The fourth-order valence-corrected chi connectivity index (χ4v) is 2.85. The number of fused-ring (bicyclic) bond motifs is 1. The first kappa shape index (κ1) is 10.9. The average Bonchev–Trinajstić information content (AvgIpc) is 2.75. The zero-order valence-corrected chi connectivity index (χ0v) is 10.7. The third-order valence-corrected chi connectivity index (χ3v) is 3.85. The number of anilines is 3. The highest BCUT2D eigenvalue weighted by molar-refractivity contribution is 7.14. The van der Waals surface area contributed by atoms with Gasteiger partial charge in [-0.05, 0) is 36.6 Å². The maximum Gasteiger partial charge on any atom is 0.188 e. The molecular weight excluding hydrogens is 254 g/mol. The van der Waals surface area contributed by atoms with Gasteiger partial charge in [0.15, 0.2) is 5.13 Å². The van der Waals surface area contributed by atoms with Crippen LogP contribution < -0.4 is 10.6 Å². The van der Waals surface area contributed by atoms with Crippen LogP contribution in [0.1, 0.15) is 12.0 Å². The minimum Gasteiger partial charge on any atom is -0.385 e. The van der Waals surface area contributed by atoms with Gasteiger partial charge in [-0.2, -0.15) is 0 Å². The second-order valence-corrected chi connectivity index (χ2v) is 5.25. The molecule has 0 atom stereocenters. The highest BCUT2D eigenvalue weighted by atomic mass is 35.5. The molecule has 0 bridgehead atoms. The molecule has 0 spiro atoms. The Bertz CT molecular complexity index is 538. The summed E-state index contributed by atoms with van der Waals surface area (Å²) in [5, 5.41) is 9.86. The SMILES string of the molecule is Clc1csc(Nc2ccc3c(c2)CCCN3)n1. The second kappa shape index (κ2) is 4.55. The van der Waals surface area contributed by atoms with Gasteiger partial charge in [-0.25, -0.2) is 4.98 Å². The fraction of sp³-hybridized carbons (Fsp3) is 0.250. The Kier molecular flexibility index (Phi) is 2.91. The Hall–Kier alpha value is -1.26. The molecule has 3 rings (SSSR count). The second-order valence-electron chi connectivity index (χ2n) is 4.00. The Morgan fingerprint density at radius 2 is 2.35 bits per heavy atom. The minimum absolute atomic E-state index is 0.539. The van der Waals surface area contributed by atoms with Crippen molar-refractivity contribution in [3.8, 4) is 0 Å². The van der Waals surface area contributed by atoms with Crippen LogP contribution in [0.4, 0.5) is 16.5 Å². The molecule has 0 aliphatic carbocycles. The van der Waals surface area contributed by atoms with Crippen LogP contribution in [0.3, 0.4) is 0 Å². The van der Waals surface area contributed by atoms with Crippen molar-refractivity contribution in [3.05, 3.63) is 34.3 Å². The summed E-state index contributed by atoms with van der Waals surface area (Å²) in [5.41, 5.74) is 3.68. The van der Waals surface area contributed by atoms with Crippen LogP contribution in [-0.2, 0) is 6.42 Å². The van der Waals surface area contributed by atoms with Crippen LogP contribution in [0, 0.1) is 0 Å². The van der Waals surface area contributed by atoms with Gasteiger partial charge in [0.1, 0.15) is 5.15 Å². The monoisotopic (exact) mass is 265 g/mol. The number of halogens is 1. The smallest absolute Gasteiger partial charge is 0.188 e. The van der Waals surface area contributed by atoms with Gasteiger partial charge in [0.2, 0.25) is 0 Å². The molecule has 0 saturated carbocycles. The van der Waals surface area contributed by atoms with Crippen molar-refractivity contribution >= 4 is 39.4 Å². The van der Waals surface area contributed by atoms with Gasteiger partial charge in [-0.15, -0.1) is 11.3 Å². The number of thiazole rings is 1. The predicted octanol–water partition coefficient (Wildman–Crippen LogP) is 3.90. The van der Waals surface area contributed by atoms with E-state index >= 15 is 0 Å². The first-order valence-corrected chi connectivity index (χ1v) is 6.82. The summed E-state index contributed by atoms with van der Waals surface area (Å²) in [5.74, 6) is 0. The summed E-state index contributed by atoms with van der Waals surface area (Å²) in [6.07, 6.45) is 2.33. The van der Waals surface area contributed by atoms with E-state index in [1.807, 2.05) is 5.38 Å². The molecule has 0 fully saturated rings. The summed E-state index contributed by atoms with van der Waals surface area (Å²) in [6.45, 7) is 1.07. The number of aromatic nitrogens is 1. The molecule has 17 heavy (non-hydrogen) atoms. The van der Waals surface area contributed by atoms with Crippen molar-refractivity contribution < 1.29 is 0 Å². The van der Waals surface area contributed by atoms with E-state index in [-0.39, 0.29) is 0 Å². The molecule has 1 aliphatic rings. The van der Waals surface area contributed by atoms with Crippen molar-refractivity contribution in [2.45, 2.75) is 12.8 Å². The third-order valence-electron chi connectivity index (χ3n) is 2.77. The zero-order chi connectivity index (χ0) is 11.7. The highest BCUT2D eigenvalue weighted by Gasteiger charge is 2.09. The van der Waals surface area contributed by atoms with Gasteiger partial charge in [0.25, 0.3) is 0 Å². The summed E-state index contributed by atoms with van der Waals surface area (Å²) >= 11 is 7.30. The maximum absolute atomic E-state index is 5.79. The third kappa shape index (κ3) is 2.37. The van der Waals surface area contributed by atoms with Crippen LogP contribution >= 0.6 is 22.9 Å². The molecular formula is C12H12ClN3S. The maximum atomic E-state index is 5.79. The van der Waals surface area contributed by atoms with E-state index < -0.39 is 0 Å². The Morgan fingerprint density at radius 3 is 3.18 bits per heavy atom. The molecule has 0 radical (unpaired) electrons. The summed E-state index contributed by atoms with van der Waals surface area (Å²) in [4.78, 5) is 4.18. The molecule has 0 unspecified atom stereocenters. The number of nitrogens with zero attached hydrogens (tertiary/aromatic N) is 1. The summed E-state index contributed by atoms with van der Waals surface area (Å²) < 4.78 is 0. The first-order chi connectivity index (χ1) is 8.31. The number of rotatable bonds is 2. The number of benzene rings is 1. The van der Waals surface area contributed by atoms with Crippen molar-refractivity contribution in [2.24, 2.45) is 0 Å². The quantitative estimate of drug-likeness (QED) is 0.865. The van der Waals surface area contributed by atoms with Gasteiger partial charge < -0.3 is 10.6 Å². The largest absolute Gasteiger partial charge is 0.385 e. The molecule has 2 N–H and O–H groups in total. The fourth-order valence-electron chi connectivity index (χ4n) is 1.99. The molecule has 1 aromatic heterocycles. The first-order valence-electron chi connectivity index (χ1n) is 5.56. The lowest BCUT2D eigenvalue weighted by Gasteiger charge is -2.18. The van der Waals surface area contributed by atoms with Gasteiger partial charge in [0.05, 0.1) is 0 Å². The molecule has 88 valence electrons. The van der Waals surface area contributed by atoms with E-state index in [9.17, 15) is 0 Å². The molecule has 2 heterocycles. The average molecular weight is 266 g/mol. The normalized spacial score (nSPS) is 13.9. The van der Waals surface area contributed by atoms with Crippen LogP contribution in [0.2, 0.25) is 5.15 Å². The van der Waals surface area contributed by atoms with Gasteiger partial charge in [-0.3, -0.25) is 0 Å².